The minimum Gasteiger partial charge on any atom is -0.409 e. The Morgan fingerprint density at radius 2 is 2.21 bits per heavy atom. The summed E-state index contributed by atoms with van der Waals surface area (Å²) in [5, 5.41) is 11.8. The minimum absolute atomic E-state index is 0.167. The van der Waals surface area contributed by atoms with Gasteiger partial charge in [0, 0.05) is 24.7 Å². The average Bonchev–Trinajstić information content (AvgIpc) is 3.21. The number of nitrogens with two attached hydrogens (primary N) is 1. The minimum atomic E-state index is 0.167. The van der Waals surface area contributed by atoms with Crippen LogP contribution in [-0.4, -0.2) is 28.5 Å². The van der Waals surface area contributed by atoms with Crippen LogP contribution in [0.1, 0.15) is 37.8 Å². The van der Waals surface area contributed by atoms with E-state index in [1.54, 1.807) is 0 Å². The lowest BCUT2D eigenvalue weighted by molar-refractivity contribution is 0.204. The lowest BCUT2D eigenvalue weighted by Crippen LogP contribution is -2.32. The molecule has 2 rings (SSSR count). The third kappa shape index (κ3) is 3.96. The maximum absolute atomic E-state index is 8.73. The van der Waals surface area contributed by atoms with Crippen LogP contribution in [0.5, 0.6) is 0 Å². The molecule has 0 bridgehead atoms. The summed E-state index contributed by atoms with van der Waals surface area (Å²) in [5.41, 5.74) is 7.61. The second kappa shape index (κ2) is 6.06. The molecule has 0 radical (unpaired) electrons. The number of benzene rings is 1. The van der Waals surface area contributed by atoms with Gasteiger partial charge in [-0.05, 0) is 44.2 Å². The van der Waals surface area contributed by atoms with E-state index in [1.807, 2.05) is 18.2 Å². The molecule has 1 aliphatic carbocycles. The number of amidine groups is 1. The first-order valence-electron chi connectivity index (χ1n) is 6.91. The Morgan fingerprint density at radius 1 is 1.47 bits per heavy atom. The molecule has 0 amide bonds. The molecule has 104 valence electrons. The van der Waals surface area contributed by atoms with Crippen molar-refractivity contribution in [2.24, 2.45) is 16.8 Å². The van der Waals surface area contributed by atoms with Crippen LogP contribution in [0.15, 0.2) is 29.4 Å². The number of rotatable bonds is 6. The zero-order valence-electron chi connectivity index (χ0n) is 11.7. The van der Waals surface area contributed by atoms with Crippen LogP contribution in [0.4, 0.5) is 0 Å². The standard InChI is InChI=1S/C15H23N3O/c1-11(2)18(9-12-6-7-12)10-13-4-3-5-14(8-13)15(16)17-19/h3-5,8,11-12,19H,6-7,9-10H2,1-2H3,(H2,16,17). The highest BCUT2D eigenvalue weighted by atomic mass is 16.4. The van der Waals surface area contributed by atoms with Crippen molar-refractivity contribution in [3.8, 4) is 0 Å². The fourth-order valence-electron chi connectivity index (χ4n) is 2.21. The largest absolute Gasteiger partial charge is 0.409 e. The normalized spacial score (nSPS) is 16.3. The van der Waals surface area contributed by atoms with Crippen molar-refractivity contribution >= 4 is 5.84 Å². The summed E-state index contributed by atoms with van der Waals surface area (Å²) in [6, 6.07) is 8.44. The van der Waals surface area contributed by atoms with E-state index in [-0.39, 0.29) is 5.84 Å². The smallest absolute Gasteiger partial charge is 0.170 e. The van der Waals surface area contributed by atoms with Gasteiger partial charge >= 0.3 is 0 Å². The van der Waals surface area contributed by atoms with E-state index in [4.69, 9.17) is 10.9 Å². The summed E-state index contributed by atoms with van der Waals surface area (Å²) in [6.45, 7) is 6.55. The molecule has 4 nitrogen and oxygen atoms in total. The van der Waals surface area contributed by atoms with Gasteiger partial charge in [0.25, 0.3) is 0 Å². The lowest BCUT2D eigenvalue weighted by atomic mass is 10.1. The predicted octanol–water partition coefficient (Wildman–Crippen LogP) is 2.40. The second-order valence-electron chi connectivity index (χ2n) is 5.65. The second-order valence-corrected chi connectivity index (χ2v) is 5.65. The van der Waals surface area contributed by atoms with E-state index >= 15 is 0 Å². The molecular formula is C15H23N3O. The quantitative estimate of drug-likeness (QED) is 0.358. The summed E-state index contributed by atoms with van der Waals surface area (Å²) < 4.78 is 0. The molecule has 4 heteroatoms. The summed E-state index contributed by atoms with van der Waals surface area (Å²) in [5.74, 6) is 1.05. The summed E-state index contributed by atoms with van der Waals surface area (Å²) in [7, 11) is 0. The van der Waals surface area contributed by atoms with E-state index in [0.717, 1.165) is 18.0 Å². The van der Waals surface area contributed by atoms with Crippen molar-refractivity contribution in [1.82, 2.24) is 4.90 Å². The fourth-order valence-corrected chi connectivity index (χ4v) is 2.21. The van der Waals surface area contributed by atoms with Gasteiger partial charge in [-0.25, -0.2) is 0 Å². The van der Waals surface area contributed by atoms with Crippen LogP contribution in [0.3, 0.4) is 0 Å². The molecule has 1 fully saturated rings. The van der Waals surface area contributed by atoms with Crippen molar-refractivity contribution < 1.29 is 5.21 Å². The molecule has 1 aromatic rings. The monoisotopic (exact) mass is 261 g/mol. The molecule has 0 atom stereocenters. The topological polar surface area (TPSA) is 61.8 Å². The Labute approximate surface area is 114 Å². The van der Waals surface area contributed by atoms with E-state index in [0.29, 0.717) is 6.04 Å². The third-order valence-electron chi connectivity index (χ3n) is 3.64. The number of hydrogen-bond donors (Lipinski definition) is 2. The van der Waals surface area contributed by atoms with E-state index < -0.39 is 0 Å². The maximum Gasteiger partial charge on any atom is 0.170 e. The Hall–Kier alpha value is -1.55. The molecule has 3 N–H and O–H groups in total. The molecular weight excluding hydrogens is 238 g/mol. The van der Waals surface area contributed by atoms with Crippen LogP contribution in [-0.2, 0) is 6.54 Å². The zero-order valence-corrected chi connectivity index (χ0v) is 11.7. The zero-order chi connectivity index (χ0) is 13.8. The average molecular weight is 261 g/mol. The van der Waals surface area contributed by atoms with Gasteiger partial charge in [-0.15, -0.1) is 0 Å². The summed E-state index contributed by atoms with van der Waals surface area (Å²) in [6.07, 6.45) is 2.74. The fraction of sp³-hybridized carbons (Fsp3) is 0.533. The van der Waals surface area contributed by atoms with Gasteiger partial charge in [0.15, 0.2) is 5.84 Å². The van der Waals surface area contributed by atoms with Gasteiger partial charge in [0.1, 0.15) is 0 Å². The highest BCUT2D eigenvalue weighted by Crippen LogP contribution is 2.30. The van der Waals surface area contributed by atoms with E-state index in [1.165, 1.54) is 24.9 Å². The third-order valence-corrected chi connectivity index (χ3v) is 3.64. The van der Waals surface area contributed by atoms with Gasteiger partial charge < -0.3 is 10.9 Å². The van der Waals surface area contributed by atoms with E-state index in [9.17, 15) is 0 Å². The van der Waals surface area contributed by atoms with Crippen LogP contribution in [0.2, 0.25) is 0 Å². The van der Waals surface area contributed by atoms with Gasteiger partial charge in [-0.1, -0.05) is 23.4 Å². The van der Waals surface area contributed by atoms with Crippen molar-refractivity contribution in [2.75, 3.05) is 6.54 Å². The molecule has 0 unspecified atom stereocenters. The van der Waals surface area contributed by atoms with Gasteiger partial charge in [0.05, 0.1) is 0 Å². The molecule has 0 aliphatic heterocycles. The van der Waals surface area contributed by atoms with Gasteiger partial charge in [0.2, 0.25) is 0 Å². The highest BCUT2D eigenvalue weighted by molar-refractivity contribution is 5.97. The van der Waals surface area contributed by atoms with Gasteiger partial charge in [-0.2, -0.15) is 0 Å². The first-order chi connectivity index (χ1) is 9.10. The highest BCUT2D eigenvalue weighted by Gasteiger charge is 2.25. The van der Waals surface area contributed by atoms with Crippen molar-refractivity contribution in [3.05, 3.63) is 35.4 Å². The maximum atomic E-state index is 8.73. The van der Waals surface area contributed by atoms with Crippen LogP contribution >= 0.6 is 0 Å². The molecule has 0 aromatic heterocycles. The van der Waals surface area contributed by atoms with Crippen LogP contribution in [0.25, 0.3) is 0 Å². The number of hydrogen-bond acceptors (Lipinski definition) is 3. The Morgan fingerprint density at radius 3 is 2.79 bits per heavy atom. The molecule has 1 aromatic carbocycles. The Bertz CT molecular complexity index is 452. The summed E-state index contributed by atoms with van der Waals surface area (Å²) >= 11 is 0. The van der Waals surface area contributed by atoms with Crippen molar-refractivity contribution in [3.63, 3.8) is 0 Å². The van der Waals surface area contributed by atoms with Crippen LogP contribution < -0.4 is 5.73 Å². The van der Waals surface area contributed by atoms with Crippen LogP contribution in [0, 0.1) is 5.92 Å². The molecule has 0 spiro atoms. The molecule has 0 saturated heterocycles. The van der Waals surface area contributed by atoms with Gasteiger partial charge in [-0.3, -0.25) is 4.90 Å². The molecule has 19 heavy (non-hydrogen) atoms. The number of nitrogens with zero attached hydrogens (tertiary/aromatic N) is 2. The lowest BCUT2D eigenvalue weighted by Gasteiger charge is -2.26. The molecule has 0 heterocycles. The number of oxime groups is 1. The summed E-state index contributed by atoms with van der Waals surface area (Å²) in [4.78, 5) is 2.49. The van der Waals surface area contributed by atoms with Crippen molar-refractivity contribution in [2.45, 2.75) is 39.3 Å². The molecule has 1 saturated carbocycles. The Kier molecular flexibility index (Phi) is 4.43. The van der Waals surface area contributed by atoms with E-state index in [2.05, 4.69) is 30.0 Å². The predicted molar refractivity (Wildman–Crippen MR) is 77.2 cm³/mol. The molecule has 1 aliphatic rings. The Balaban J connectivity index is 2.07. The first kappa shape index (κ1) is 13.9. The van der Waals surface area contributed by atoms with Crippen molar-refractivity contribution in [1.29, 1.82) is 0 Å². The first-order valence-corrected chi connectivity index (χ1v) is 6.91. The SMILES string of the molecule is CC(C)N(Cc1cccc(C(N)=NO)c1)CC1CC1.